The number of aliphatic imine (C=N–C) groups is 1. The number of unbranched alkanes of at least 4 members (excludes halogenated alkanes) is 1. The minimum Gasteiger partial charge on any atom is -0.397 e. The maximum atomic E-state index is 5.76. The van der Waals surface area contributed by atoms with E-state index in [1.165, 1.54) is 48.8 Å². The smallest absolute Gasteiger partial charge is 0.0557 e. The lowest BCUT2D eigenvalue weighted by Crippen LogP contribution is -2.10. The van der Waals surface area contributed by atoms with E-state index >= 15 is 0 Å². The SMILES string of the molecule is C=C(C)/C(C)=C(/N)C(C)=NC.C=C(C)CCCC.CC.CCC.CCC.CCc1ccc(C)cc1. The molecule has 0 bridgehead atoms. The van der Waals surface area contributed by atoms with E-state index in [1.807, 2.05) is 34.6 Å². The molecule has 0 atom stereocenters. The number of benzene rings is 1. The Morgan fingerprint density at radius 2 is 1.23 bits per heavy atom. The highest BCUT2D eigenvalue weighted by Gasteiger charge is 2.00. The maximum absolute atomic E-state index is 5.76. The van der Waals surface area contributed by atoms with Gasteiger partial charge in [0.1, 0.15) is 0 Å². The lowest BCUT2D eigenvalue weighted by Gasteiger charge is -2.05. The average Bonchev–Trinajstić information content (AvgIpc) is 2.84. The highest BCUT2D eigenvalue weighted by atomic mass is 14.7. The topological polar surface area (TPSA) is 38.4 Å². The van der Waals surface area contributed by atoms with Crippen LogP contribution in [0.5, 0.6) is 0 Å². The summed E-state index contributed by atoms with van der Waals surface area (Å²) in [6.45, 7) is 34.4. The molecule has 0 heterocycles. The predicted octanol–water partition coefficient (Wildman–Crippen LogP) is 11.1. The van der Waals surface area contributed by atoms with Crippen molar-refractivity contribution in [3.8, 4) is 0 Å². The third-order valence-electron chi connectivity index (χ3n) is 4.26. The highest BCUT2D eigenvalue weighted by Crippen LogP contribution is 2.09. The molecular formula is C33H64N2. The van der Waals surface area contributed by atoms with E-state index in [2.05, 4.69) is 97.8 Å². The lowest BCUT2D eigenvalue weighted by atomic mass is 10.1. The molecule has 0 aliphatic carbocycles. The molecule has 1 aromatic rings. The fourth-order valence-electron chi connectivity index (χ4n) is 1.92. The Kier molecular flexibility index (Phi) is 41.9. The zero-order valence-electron chi connectivity index (χ0n) is 26.5. The van der Waals surface area contributed by atoms with Crippen molar-refractivity contribution >= 4 is 5.71 Å². The summed E-state index contributed by atoms with van der Waals surface area (Å²) in [5.41, 5.74) is 13.4. The number of hydrogen-bond donors (Lipinski definition) is 1. The molecular weight excluding hydrogens is 424 g/mol. The van der Waals surface area contributed by atoms with Gasteiger partial charge in [0.2, 0.25) is 0 Å². The number of rotatable bonds is 6. The summed E-state index contributed by atoms with van der Waals surface area (Å²) in [4.78, 5) is 3.98. The number of aryl methyl sites for hydroxylation is 2. The third-order valence-corrected chi connectivity index (χ3v) is 4.26. The monoisotopic (exact) mass is 489 g/mol. The molecule has 35 heavy (non-hydrogen) atoms. The van der Waals surface area contributed by atoms with E-state index in [-0.39, 0.29) is 0 Å². The third kappa shape index (κ3) is 36.6. The zero-order valence-corrected chi connectivity index (χ0v) is 26.5. The Hall–Kier alpha value is -2.09. The van der Waals surface area contributed by atoms with E-state index in [1.54, 1.807) is 7.05 Å². The van der Waals surface area contributed by atoms with Gasteiger partial charge in [-0.3, -0.25) is 4.99 Å². The van der Waals surface area contributed by atoms with Crippen LogP contribution in [0.15, 0.2) is 64.8 Å². The van der Waals surface area contributed by atoms with Crippen molar-refractivity contribution in [1.29, 1.82) is 0 Å². The minimum atomic E-state index is 0.736. The van der Waals surface area contributed by atoms with Crippen LogP contribution in [-0.2, 0) is 6.42 Å². The molecule has 0 radical (unpaired) electrons. The summed E-state index contributed by atoms with van der Waals surface area (Å²) >= 11 is 0. The van der Waals surface area contributed by atoms with E-state index in [4.69, 9.17) is 5.73 Å². The van der Waals surface area contributed by atoms with E-state index in [9.17, 15) is 0 Å². The van der Waals surface area contributed by atoms with Crippen molar-refractivity contribution in [2.45, 2.75) is 129 Å². The number of nitrogens with zero attached hydrogens (tertiary/aromatic N) is 1. The summed E-state index contributed by atoms with van der Waals surface area (Å²) in [7, 11) is 1.73. The van der Waals surface area contributed by atoms with Crippen LogP contribution in [0.4, 0.5) is 0 Å². The molecule has 0 aliphatic rings. The van der Waals surface area contributed by atoms with Crippen molar-refractivity contribution in [2.75, 3.05) is 7.05 Å². The molecule has 206 valence electrons. The molecule has 0 saturated heterocycles. The van der Waals surface area contributed by atoms with E-state index in [0.29, 0.717) is 0 Å². The predicted molar refractivity (Wildman–Crippen MR) is 169 cm³/mol. The molecule has 0 aliphatic heterocycles. The van der Waals surface area contributed by atoms with Gasteiger partial charge < -0.3 is 5.73 Å². The summed E-state index contributed by atoms with van der Waals surface area (Å²) in [5, 5.41) is 0. The molecule has 0 aromatic heterocycles. The van der Waals surface area contributed by atoms with Crippen LogP contribution in [0, 0.1) is 6.92 Å². The van der Waals surface area contributed by atoms with Crippen molar-refractivity contribution in [3.63, 3.8) is 0 Å². The summed E-state index contributed by atoms with van der Waals surface area (Å²) < 4.78 is 0. The fraction of sp³-hybridized carbons (Fsp3) is 0.606. The van der Waals surface area contributed by atoms with Gasteiger partial charge in [0, 0.05) is 7.05 Å². The van der Waals surface area contributed by atoms with Gasteiger partial charge in [-0.1, -0.05) is 122 Å². The molecule has 0 unspecified atom stereocenters. The Bertz CT molecular complexity index is 644. The van der Waals surface area contributed by atoms with Gasteiger partial charge in [0.15, 0.2) is 0 Å². The second-order valence-corrected chi connectivity index (χ2v) is 8.44. The first-order chi connectivity index (χ1) is 16.4. The molecule has 0 saturated carbocycles. The van der Waals surface area contributed by atoms with Crippen molar-refractivity contribution in [1.82, 2.24) is 0 Å². The number of hydrogen-bond acceptors (Lipinski definition) is 2. The van der Waals surface area contributed by atoms with Crippen LogP contribution in [0.3, 0.4) is 0 Å². The average molecular weight is 489 g/mol. The van der Waals surface area contributed by atoms with Gasteiger partial charge >= 0.3 is 0 Å². The minimum absolute atomic E-state index is 0.736. The summed E-state index contributed by atoms with van der Waals surface area (Å²) in [5.74, 6) is 0. The fourth-order valence-corrected chi connectivity index (χ4v) is 1.92. The van der Waals surface area contributed by atoms with Gasteiger partial charge in [-0.2, -0.15) is 0 Å². The quantitative estimate of drug-likeness (QED) is 0.241. The summed E-state index contributed by atoms with van der Waals surface area (Å²) in [6, 6.07) is 8.66. The first-order valence-electron chi connectivity index (χ1n) is 13.7. The van der Waals surface area contributed by atoms with Gasteiger partial charge in [0.25, 0.3) is 0 Å². The highest BCUT2D eigenvalue weighted by molar-refractivity contribution is 5.98. The van der Waals surface area contributed by atoms with Gasteiger partial charge in [-0.05, 0) is 65.0 Å². The van der Waals surface area contributed by atoms with E-state index in [0.717, 1.165) is 29.0 Å². The second kappa shape index (κ2) is 34.1. The first-order valence-corrected chi connectivity index (χ1v) is 13.7. The molecule has 2 heteroatoms. The number of nitrogens with two attached hydrogens (primary N) is 1. The van der Waals surface area contributed by atoms with Crippen LogP contribution < -0.4 is 5.73 Å². The van der Waals surface area contributed by atoms with Crippen molar-refractivity contribution in [3.05, 3.63) is 71.0 Å². The van der Waals surface area contributed by atoms with Gasteiger partial charge in [-0.15, -0.1) is 6.58 Å². The molecule has 0 fully saturated rings. The number of allylic oxidation sites excluding steroid dienone is 4. The molecule has 1 aromatic carbocycles. The van der Waals surface area contributed by atoms with Gasteiger partial charge in [0.05, 0.1) is 11.4 Å². The van der Waals surface area contributed by atoms with Crippen LogP contribution in [-0.4, -0.2) is 12.8 Å². The van der Waals surface area contributed by atoms with E-state index < -0.39 is 0 Å². The molecule has 1 rings (SSSR count). The Balaban J connectivity index is -0.000000113. The molecule has 2 N–H and O–H groups in total. The normalized spacial score (nSPS) is 9.94. The standard InChI is InChI=1S/C9H16N2.C9H12.C7H14.2C3H8.C2H6/c1-6(2)7(3)9(10)8(4)11-5;1-3-9-6-4-8(2)5-7-9;1-4-5-6-7(2)3;2*1-3-2;1-2/h1,10H2,2-5H3;4-7H,3H2,1-2H3;2,4-6H2,1,3H3;2*3H2,1-2H3;1-2H3/b9-7+,11-8?;;;;;. The van der Waals surface area contributed by atoms with Crippen molar-refractivity contribution < 1.29 is 0 Å². The largest absolute Gasteiger partial charge is 0.397 e. The van der Waals surface area contributed by atoms with Crippen LogP contribution in [0.2, 0.25) is 0 Å². The van der Waals surface area contributed by atoms with Crippen LogP contribution in [0.1, 0.15) is 126 Å². The maximum Gasteiger partial charge on any atom is 0.0557 e. The Morgan fingerprint density at radius 3 is 1.46 bits per heavy atom. The second-order valence-electron chi connectivity index (χ2n) is 8.44. The van der Waals surface area contributed by atoms with Crippen LogP contribution in [0.25, 0.3) is 0 Å². The molecule has 0 amide bonds. The first kappa shape index (κ1) is 43.0. The van der Waals surface area contributed by atoms with Gasteiger partial charge in [-0.25, -0.2) is 0 Å². The molecule has 0 spiro atoms. The summed E-state index contributed by atoms with van der Waals surface area (Å²) in [6.07, 6.45) is 7.43. The Morgan fingerprint density at radius 1 is 0.829 bits per heavy atom. The zero-order chi connectivity index (χ0) is 28.8. The molecule has 2 nitrogen and oxygen atoms in total. The Labute approximate surface area is 222 Å². The van der Waals surface area contributed by atoms with Crippen molar-refractivity contribution in [2.24, 2.45) is 10.7 Å². The lowest BCUT2D eigenvalue weighted by molar-refractivity contribution is 0.789. The van der Waals surface area contributed by atoms with Crippen LogP contribution >= 0.6 is 0 Å².